The molecule has 0 aliphatic rings. The van der Waals surface area contributed by atoms with Crippen LogP contribution in [0.15, 0.2) is 54.6 Å². The van der Waals surface area contributed by atoms with Crippen molar-refractivity contribution in [3.63, 3.8) is 0 Å². The Kier molecular flexibility index (Phi) is 3.97. The Hall–Kier alpha value is -2.29. The first kappa shape index (κ1) is 12.2. The highest BCUT2D eigenvalue weighted by atomic mass is 16.1. The highest BCUT2D eigenvalue weighted by molar-refractivity contribution is 5.94. The monoisotopic (exact) mass is 240 g/mol. The third kappa shape index (κ3) is 3.35. The average Bonchev–Trinajstić information content (AvgIpc) is 2.40. The third-order valence-corrected chi connectivity index (χ3v) is 2.65. The molecule has 2 aromatic rings. The molecular weight excluding hydrogens is 224 g/mol. The molecule has 0 saturated carbocycles. The fourth-order valence-corrected chi connectivity index (χ4v) is 1.65. The highest BCUT2D eigenvalue weighted by Gasteiger charge is 2.03. The van der Waals surface area contributed by atoms with E-state index in [9.17, 15) is 4.79 Å². The van der Waals surface area contributed by atoms with Gasteiger partial charge in [-0.1, -0.05) is 36.4 Å². The van der Waals surface area contributed by atoms with Gasteiger partial charge >= 0.3 is 0 Å². The lowest BCUT2D eigenvalue weighted by atomic mass is 10.2. The van der Waals surface area contributed by atoms with Crippen molar-refractivity contribution in [3.8, 4) is 0 Å². The minimum atomic E-state index is -0.0480. The average molecular weight is 240 g/mol. The Morgan fingerprint density at radius 3 is 2.39 bits per heavy atom. The fourth-order valence-electron chi connectivity index (χ4n) is 1.65. The van der Waals surface area contributed by atoms with E-state index in [4.69, 9.17) is 0 Å². The van der Waals surface area contributed by atoms with Crippen LogP contribution in [0.2, 0.25) is 0 Å². The Labute approximate surface area is 107 Å². The number of amides is 1. The van der Waals surface area contributed by atoms with Gasteiger partial charge in [0.2, 0.25) is 5.91 Å². The molecule has 0 bridgehead atoms. The highest BCUT2D eigenvalue weighted by Crippen LogP contribution is 2.12. The smallest absolute Gasteiger partial charge is 0.243 e. The van der Waals surface area contributed by atoms with Gasteiger partial charge in [-0.15, -0.1) is 0 Å². The number of carbonyl (C=O) groups is 1. The Bertz CT molecular complexity index is 523. The topological polar surface area (TPSA) is 41.1 Å². The summed E-state index contributed by atoms with van der Waals surface area (Å²) in [6.07, 6.45) is 0. The van der Waals surface area contributed by atoms with Gasteiger partial charge in [-0.25, -0.2) is 0 Å². The van der Waals surface area contributed by atoms with E-state index in [1.54, 1.807) is 0 Å². The van der Waals surface area contributed by atoms with Crippen molar-refractivity contribution in [1.29, 1.82) is 0 Å². The number of carbonyl (C=O) groups excluding carboxylic acids is 1. The largest absolute Gasteiger partial charge is 0.376 e. The summed E-state index contributed by atoms with van der Waals surface area (Å²) in [5.41, 5.74) is 2.86. The van der Waals surface area contributed by atoms with Crippen LogP contribution in [-0.4, -0.2) is 12.5 Å². The zero-order chi connectivity index (χ0) is 12.8. The van der Waals surface area contributed by atoms with Gasteiger partial charge in [-0.05, 0) is 30.7 Å². The number of benzene rings is 2. The minimum absolute atomic E-state index is 0.0480. The maximum atomic E-state index is 11.8. The number of rotatable bonds is 4. The van der Waals surface area contributed by atoms with Gasteiger partial charge in [0, 0.05) is 11.4 Å². The molecule has 92 valence electrons. The summed E-state index contributed by atoms with van der Waals surface area (Å²) < 4.78 is 0. The summed E-state index contributed by atoms with van der Waals surface area (Å²) in [5, 5.41) is 5.95. The van der Waals surface area contributed by atoms with Crippen molar-refractivity contribution in [2.75, 3.05) is 17.2 Å². The first-order chi connectivity index (χ1) is 8.75. The third-order valence-electron chi connectivity index (χ3n) is 2.65. The number of nitrogens with one attached hydrogen (secondary N) is 2. The van der Waals surface area contributed by atoms with Gasteiger partial charge in [0.05, 0.1) is 6.54 Å². The van der Waals surface area contributed by atoms with Crippen molar-refractivity contribution in [2.24, 2.45) is 0 Å². The van der Waals surface area contributed by atoms with E-state index >= 15 is 0 Å². The first-order valence-corrected chi connectivity index (χ1v) is 5.90. The van der Waals surface area contributed by atoms with Crippen molar-refractivity contribution in [2.45, 2.75) is 6.92 Å². The van der Waals surface area contributed by atoms with E-state index in [1.807, 2.05) is 61.5 Å². The zero-order valence-electron chi connectivity index (χ0n) is 10.3. The molecule has 0 aromatic heterocycles. The maximum Gasteiger partial charge on any atom is 0.243 e. The van der Waals surface area contributed by atoms with Gasteiger partial charge in [0.1, 0.15) is 0 Å². The van der Waals surface area contributed by atoms with Crippen molar-refractivity contribution in [3.05, 3.63) is 60.2 Å². The molecule has 0 heterocycles. The second-order valence-electron chi connectivity index (χ2n) is 4.08. The summed E-state index contributed by atoms with van der Waals surface area (Å²) >= 11 is 0. The molecule has 18 heavy (non-hydrogen) atoms. The summed E-state index contributed by atoms with van der Waals surface area (Å²) in [4.78, 5) is 11.8. The van der Waals surface area contributed by atoms with Crippen molar-refractivity contribution in [1.82, 2.24) is 0 Å². The number of aryl methyl sites for hydroxylation is 1. The van der Waals surface area contributed by atoms with Gasteiger partial charge in [0.25, 0.3) is 0 Å². The molecule has 0 aliphatic carbocycles. The molecule has 0 spiro atoms. The van der Waals surface area contributed by atoms with Crippen LogP contribution in [0, 0.1) is 6.92 Å². The van der Waals surface area contributed by atoms with E-state index in [0.717, 1.165) is 16.9 Å². The summed E-state index contributed by atoms with van der Waals surface area (Å²) in [7, 11) is 0. The molecule has 1 amide bonds. The van der Waals surface area contributed by atoms with E-state index < -0.39 is 0 Å². The summed E-state index contributed by atoms with van der Waals surface area (Å²) in [6.45, 7) is 2.23. The molecule has 0 unspecified atom stereocenters. The van der Waals surface area contributed by atoms with Crippen LogP contribution >= 0.6 is 0 Å². The zero-order valence-corrected chi connectivity index (χ0v) is 10.3. The molecule has 3 nitrogen and oxygen atoms in total. The van der Waals surface area contributed by atoms with Crippen LogP contribution in [0.5, 0.6) is 0 Å². The summed E-state index contributed by atoms with van der Waals surface area (Å²) in [6, 6.07) is 17.4. The lowest BCUT2D eigenvalue weighted by Crippen LogP contribution is -2.22. The number of hydrogen-bond donors (Lipinski definition) is 2. The Morgan fingerprint density at radius 2 is 1.67 bits per heavy atom. The van der Waals surface area contributed by atoms with Crippen LogP contribution in [0.3, 0.4) is 0 Å². The lowest BCUT2D eigenvalue weighted by molar-refractivity contribution is -0.114. The van der Waals surface area contributed by atoms with E-state index in [-0.39, 0.29) is 12.5 Å². The van der Waals surface area contributed by atoms with Crippen molar-refractivity contribution < 1.29 is 4.79 Å². The molecule has 0 radical (unpaired) electrons. The van der Waals surface area contributed by atoms with E-state index in [2.05, 4.69) is 10.6 Å². The van der Waals surface area contributed by atoms with E-state index in [0.29, 0.717) is 0 Å². The molecule has 3 heteroatoms. The normalized spacial score (nSPS) is 9.83. The predicted molar refractivity (Wildman–Crippen MR) is 74.7 cm³/mol. The Balaban J connectivity index is 1.88. The number of anilines is 2. The molecule has 0 saturated heterocycles. The number of para-hydroxylation sites is 2. The molecule has 0 atom stereocenters. The van der Waals surface area contributed by atoms with Crippen LogP contribution in [0.25, 0.3) is 0 Å². The second-order valence-corrected chi connectivity index (χ2v) is 4.08. The second kappa shape index (κ2) is 5.87. The molecule has 2 rings (SSSR count). The standard InChI is InChI=1S/C15H16N2O/c1-12-7-5-6-10-14(12)17-15(18)11-16-13-8-3-2-4-9-13/h2-10,16H,11H2,1H3,(H,17,18). The van der Waals surface area contributed by atoms with Gasteiger partial charge in [-0.3, -0.25) is 4.79 Å². The van der Waals surface area contributed by atoms with Gasteiger partial charge in [-0.2, -0.15) is 0 Å². The fraction of sp³-hybridized carbons (Fsp3) is 0.133. The van der Waals surface area contributed by atoms with Crippen molar-refractivity contribution >= 4 is 17.3 Å². The lowest BCUT2D eigenvalue weighted by Gasteiger charge is -2.09. The first-order valence-electron chi connectivity index (χ1n) is 5.90. The molecule has 0 aliphatic heterocycles. The molecular formula is C15H16N2O. The van der Waals surface area contributed by atoms with Crippen LogP contribution in [0.1, 0.15) is 5.56 Å². The van der Waals surface area contributed by atoms with Gasteiger partial charge in [0.15, 0.2) is 0 Å². The van der Waals surface area contributed by atoms with Crippen LogP contribution in [0.4, 0.5) is 11.4 Å². The van der Waals surface area contributed by atoms with Gasteiger partial charge < -0.3 is 10.6 Å². The Morgan fingerprint density at radius 1 is 1.00 bits per heavy atom. The number of hydrogen-bond acceptors (Lipinski definition) is 2. The quantitative estimate of drug-likeness (QED) is 0.862. The molecule has 2 N–H and O–H groups in total. The molecule has 2 aromatic carbocycles. The SMILES string of the molecule is Cc1ccccc1NC(=O)CNc1ccccc1. The summed E-state index contributed by atoms with van der Waals surface area (Å²) in [5.74, 6) is -0.0480. The predicted octanol–water partition coefficient (Wildman–Crippen LogP) is 3.05. The molecule has 0 fully saturated rings. The minimum Gasteiger partial charge on any atom is -0.376 e. The maximum absolute atomic E-state index is 11.8. The van der Waals surface area contributed by atoms with Crippen LogP contribution < -0.4 is 10.6 Å². The van der Waals surface area contributed by atoms with Crippen LogP contribution in [-0.2, 0) is 4.79 Å². The van der Waals surface area contributed by atoms with E-state index in [1.165, 1.54) is 0 Å².